The number of amides is 2. The van der Waals surface area contributed by atoms with E-state index in [1.165, 1.54) is 18.7 Å². The lowest BCUT2D eigenvalue weighted by atomic mass is 9.87. The molecule has 0 aromatic heterocycles. The smallest absolute Gasteiger partial charge is 0.236 e. The Morgan fingerprint density at radius 2 is 1.66 bits per heavy atom. The molecule has 3 aromatic rings. The third kappa shape index (κ3) is 5.46. The number of methoxy groups -OCH3 is 2. The molecule has 1 aliphatic rings. The molecule has 0 fully saturated rings. The van der Waals surface area contributed by atoms with Crippen LogP contribution in [-0.2, 0) is 16.0 Å². The van der Waals surface area contributed by atoms with Crippen LogP contribution in [0.5, 0.6) is 11.5 Å². The highest BCUT2D eigenvalue weighted by atomic mass is 32.2. The van der Waals surface area contributed by atoms with Gasteiger partial charge >= 0.3 is 0 Å². The van der Waals surface area contributed by atoms with Crippen LogP contribution in [0.15, 0.2) is 71.6 Å². The van der Waals surface area contributed by atoms with Crippen LogP contribution in [0.3, 0.4) is 0 Å². The number of anilines is 1. The van der Waals surface area contributed by atoms with Crippen molar-refractivity contribution in [3.63, 3.8) is 0 Å². The van der Waals surface area contributed by atoms with Gasteiger partial charge in [-0.25, -0.2) is 0 Å². The van der Waals surface area contributed by atoms with Gasteiger partial charge in [-0.15, -0.1) is 11.8 Å². The number of fused-ring (bicyclic) bond motifs is 1. The average Bonchev–Trinajstić information content (AvgIpc) is 2.88. The summed E-state index contributed by atoms with van der Waals surface area (Å²) in [5, 5.41) is 2.49. The Bertz CT molecular complexity index is 1200. The van der Waals surface area contributed by atoms with Gasteiger partial charge in [-0.1, -0.05) is 30.3 Å². The molecule has 7 heteroatoms. The molecule has 2 unspecified atom stereocenters. The van der Waals surface area contributed by atoms with Crippen molar-refractivity contribution in [2.75, 3.05) is 26.1 Å². The number of benzene rings is 3. The number of thioether (sulfide) groups is 1. The number of ether oxygens (including phenoxy) is 2. The summed E-state index contributed by atoms with van der Waals surface area (Å²) in [6, 6.07) is 21.5. The van der Waals surface area contributed by atoms with Crippen molar-refractivity contribution in [3.05, 3.63) is 83.4 Å². The number of hydrogen-bond acceptors (Lipinski definition) is 5. The predicted molar refractivity (Wildman–Crippen MR) is 139 cm³/mol. The van der Waals surface area contributed by atoms with Gasteiger partial charge in [-0.3, -0.25) is 9.59 Å². The molecular weight excluding hydrogens is 460 g/mol. The molecule has 3 aromatic carbocycles. The van der Waals surface area contributed by atoms with Crippen molar-refractivity contribution in [1.29, 1.82) is 0 Å². The van der Waals surface area contributed by atoms with Gasteiger partial charge < -0.3 is 19.7 Å². The first-order valence-corrected chi connectivity index (χ1v) is 12.4. The normalized spacial score (nSPS) is 15.7. The van der Waals surface area contributed by atoms with Gasteiger partial charge in [0, 0.05) is 24.1 Å². The molecule has 6 nitrogen and oxygen atoms in total. The summed E-state index contributed by atoms with van der Waals surface area (Å²) < 4.78 is 11.1. The molecule has 0 bridgehead atoms. The Labute approximate surface area is 210 Å². The van der Waals surface area contributed by atoms with Gasteiger partial charge in [0.25, 0.3) is 0 Å². The zero-order valence-electron chi connectivity index (χ0n) is 20.4. The summed E-state index contributed by atoms with van der Waals surface area (Å²) >= 11 is 1.52. The van der Waals surface area contributed by atoms with Gasteiger partial charge in [0.1, 0.15) is 0 Å². The number of carbonyl (C=O) groups excluding carboxylic acids is 2. The van der Waals surface area contributed by atoms with Crippen LogP contribution >= 0.6 is 11.8 Å². The van der Waals surface area contributed by atoms with E-state index in [2.05, 4.69) is 17.4 Å². The third-order valence-electron chi connectivity index (χ3n) is 6.11. The van der Waals surface area contributed by atoms with Crippen LogP contribution in [0, 0.1) is 0 Å². The highest BCUT2D eigenvalue weighted by molar-refractivity contribution is 8.00. The second-order valence-corrected chi connectivity index (χ2v) is 9.88. The standard InChI is InChI=1S/C28H30N2O4S/c1-18(35-23-12-10-22(11-13-23)29-19(2)31)28(32)30-15-14-21-16-25(33-3)26(34-4)17-24(21)27(30)20-8-6-5-7-9-20/h5-13,16-18,27H,14-15H2,1-4H3,(H,29,31). The first-order valence-electron chi connectivity index (χ1n) is 11.6. The molecule has 0 aliphatic carbocycles. The summed E-state index contributed by atoms with van der Waals surface area (Å²) in [6.07, 6.45) is 0.744. The SMILES string of the molecule is COc1cc2c(cc1OC)C(c1ccccc1)N(C(=O)C(C)Sc1ccc(NC(C)=O)cc1)CC2. The maximum Gasteiger partial charge on any atom is 0.236 e. The lowest BCUT2D eigenvalue weighted by Crippen LogP contribution is -2.44. The molecule has 0 saturated heterocycles. The lowest BCUT2D eigenvalue weighted by molar-refractivity contribution is -0.132. The highest BCUT2D eigenvalue weighted by Gasteiger charge is 2.35. The van der Waals surface area contributed by atoms with Crippen LogP contribution in [0.2, 0.25) is 0 Å². The number of nitrogens with zero attached hydrogens (tertiary/aromatic N) is 1. The van der Waals surface area contributed by atoms with Gasteiger partial charge in [0.05, 0.1) is 25.5 Å². The van der Waals surface area contributed by atoms with Crippen LogP contribution in [0.25, 0.3) is 0 Å². The van der Waals surface area contributed by atoms with Crippen LogP contribution in [0.4, 0.5) is 5.69 Å². The topological polar surface area (TPSA) is 67.9 Å². The molecule has 1 N–H and O–H groups in total. The molecule has 35 heavy (non-hydrogen) atoms. The minimum atomic E-state index is -0.283. The van der Waals surface area contributed by atoms with E-state index < -0.39 is 0 Å². The average molecular weight is 491 g/mol. The molecule has 0 spiro atoms. The Balaban J connectivity index is 1.62. The Kier molecular flexibility index (Phi) is 7.66. The van der Waals surface area contributed by atoms with Crippen molar-refractivity contribution in [3.8, 4) is 11.5 Å². The lowest BCUT2D eigenvalue weighted by Gasteiger charge is -2.39. The maximum atomic E-state index is 13.8. The van der Waals surface area contributed by atoms with Crippen molar-refractivity contribution in [2.24, 2.45) is 0 Å². The van der Waals surface area contributed by atoms with E-state index in [-0.39, 0.29) is 23.1 Å². The zero-order chi connectivity index (χ0) is 24.9. The van der Waals surface area contributed by atoms with E-state index in [0.717, 1.165) is 33.7 Å². The molecular formula is C28H30N2O4S. The molecule has 2 amide bonds. The summed E-state index contributed by atoms with van der Waals surface area (Å²) in [5.74, 6) is 1.32. The summed E-state index contributed by atoms with van der Waals surface area (Å²) in [4.78, 5) is 28.0. The minimum absolute atomic E-state index is 0.0789. The zero-order valence-corrected chi connectivity index (χ0v) is 21.2. The second kappa shape index (κ2) is 10.9. The van der Waals surface area contributed by atoms with E-state index in [9.17, 15) is 9.59 Å². The van der Waals surface area contributed by atoms with Crippen molar-refractivity contribution in [2.45, 2.75) is 36.5 Å². The summed E-state index contributed by atoms with van der Waals surface area (Å²) in [7, 11) is 3.27. The number of rotatable bonds is 7. The van der Waals surface area contributed by atoms with E-state index in [4.69, 9.17) is 9.47 Å². The Morgan fingerprint density at radius 3 is 2.29 bits per heavy atom. The number of nitrogens with one attached hydrogen (secondary N) is 1. The van der Waals surface area contributed by atoms with Gasteiger partial charge in [0.2, 0.25) is 11.8 Å². The van der Waals surface area contributed by atoms with Crippen molar-refractivity contribution >= 4 is 29.3 Å². The second-order valence-electron chi connectivity index (χ2n) is 8.47. The van der Waals surface area contributed by atoms with Crippen LogP contribution in [-0.4, -0.2) is 42.7 Å². The van der Waals surface area contributed by atoms with Crippen molar-refractivity contribution < 1.29 is 19.1 Å². The van der Waals surface area contributed by atoms with Crippen LogP contribution < -0.4 is 14.8 Å². The Morgan fingerprint density at radius 1 is 1.00 bits per heavy atom. The van der Waals surface area contributed by atoms with Crippen molar-refractivity contribution in [1.82, 2.24) is 4.90 Å². The van der Waals surface area contributed by atoms with Gasteiger partial charge in [-0.05, 0) is 66.4 Å². The first-order chi connectivity index (χ1) is 16.9. The fraction of sp³-hybridized carbons (Fsp3) is 0.286. The quantitative estimate of drug-likeness (QED) is 0.454. The van der Waals surface area contributed by atoms with E-state index >= 15 is 0 Å². The van der Waals surface area contributed by atoms with E-state index in [1.54, 1.807) is 14.2 Å². The number of carbonyl (C=O) groups is 2. The molecule has 4 rings (SSSR count). The third-order valence-corrected chi connectivity index (χ3v) is 7.21. The largest absolute Gasteiger partial charge is 0.493 e. The first kappa shape index (κ1) is 24.7. The fourth-order valence-corrected chi connectivity index (χ4v) is 5.42. The molecule has 0 saturated carbocycles. The summed E-state index contributed by atoms with van der Waals surface area (Å²) in [6.45, 7) is 4.04. The predicted octanol–water partition coefficient (Wildman–Crippen LogP) is 5.32. The highest BCUT2D eigenvalue weighted by Crippen LogP contribution is 2.42. The number of hydrogen-bond donors (Lipinski definition) is 1. The fourth-order valence-electron chi connectivity index (χ4n) is 4.49. The minimum Gasteiger partial charge on any atom is -0.493 e. The monoisotopic (exact) mass is 490 g/mol. The maximum absolute atomic E-state index is 13.8. The molecule has 1 heterocycles. The molecule has 182 valence electrons. The van der Waals surface area contributed by atoms with Gasteiger partial charge in [-0.2, -0.15) is 0 Å². The molecule has 1 aliphatic heterocycles. The van der Waals surface area contributed by atoms with Gasteiger partial charge in [0.15, 0.2) is 11.5 Å². The Hall–Kier alpha value is -3.45. The molecule has 2 atom stereocenters. The molecule has 0 radical (unpaired) electrons. The van der Waals surface area contributed by atoms with E-state index in [0.29, 0.717) is 18.0 Å². The van der Waals surface area contributed by atoms with E-state index in [1.807, 2.05) is 66.4 Å². The van der Waals surface area contributed by atoms with Crippen LogP contribution in [0.1, 0.15) is 36.6 Å². The summed E-state index contributed by atoms with van der Waals surface area (Å²) in [5.41, 5.74) is 4.02.